The second-order valence-corrected chi connectivity index (χ2v) is 7.47. The van der Waals surface area contributed by atoms with Crippen molar-refractivity contribution in [3.8, 4) is 0 Å². The molecule has 31 heavy (non-hydrogen) atoms. The summed E-state index contributed by atoms with van der Waals surface area (Å²) in [5.74, 6) is -3.17. The van der Waals surface area contributed by atoms with Crippen LogP contribution in [0.1, 0.15) is 23.4 Å². The highest BCUT2D eigenvalue weighted by Crippen LogP contribution is 2.22. The number of para-hydroxylation sites is 1. The third-order valence-electron chi connectivity index (χ3n) is 5.62. The van der Waals surface area contributed by atoms with Crippen LogP contribution in [0.25, 0.3) is 0 Å². The van der Waals surface area contributed by atoms with E-state index in [1.54, 1.807) is 18.4 Å². The van der Waals surface area contributed by atoms with Crippen molar-refractivity contribution >= 4 is 23.5 Å². The zero-order valence-corrected chi connectivity index (χ0v) is 17.2. The summed E-state index contributed by atoms with van der Waals surface area (Å²) in [6.45, 7) is 6.01. The van der Waals surface area contributed by atoms with Crippen LogP contribution in [0.4, 0.5) is 5.69 Å². The maximum Gasteiger partial charge on any atom is 0.414 e. The Kier molecular flexibility index (Phi) is 7.66. The van der Waals surface area contributed by atoms with Crippen LogP contribution in [0.2, 0.25) is 0 Å². The van der Waals surface area contributed by atoms with Gasteiger partial charge < -0.3 is 24.4 Å². The van der Waals surface area contributed by atoms with Crippen LogP contribution >= 0.6 is 0 Å². The fourth-order valence-electron chi connectivity index (χ4n) is 3.97. The number of amides is 1. The summed E-state index contributed by atoms with van der Waals surface area (Å²) in [6, 6.07) is 14.8. The molecule has 2 saturated heterocycles. The number of likely N-dealkylation sites (tertiary alicyclic amines) is 1. The number of hydrogen-bond acceptors (Lipinski definition) is 6. The van der Waals surface area contributed by atoms with Gasteiger partial charge in [0.1, 0.15) is 0 Å². The molecule has 2 aromatic rings. The van der Waals surface area contributed by atoms with Crippen molar-refractivity contribution < 1.29 is 29.0 Å². The topological polar surface area (TPSA) is 115 Å². The smallest absolute Gasteiger partial charge is 0.414 e. The average molecular weight is 429 g/mol. The molecule has 0 radical (unpaired) electrons. The van der Waals surface area contributed by atoms with Gasteiger partial charge in [-0.2, -0.15) is 0 Å². The number of carboxylic acid groups (broad SMARTS) is 2. The Morgan fingerprint density at radius 3 is 1.94 bits per heavy atom. The Labute approximate surface area is 180 Å². The van der Waals surface area contributed by atoms with Gasteiger partial charge in [0.25, 0.3) is 5.91 Å². The number of anilines is 1. The second-order valence-electron chi connectivity index (χ2n) is 7.47. The molecule has 2 aliphatic heterocycles. The minimum absolute atomic E-state index is 0.0253. The zero-order chi connectivity index (χ0) is 22.2. The van der Waals surface area contributed by atoms with Crippen LogP contribution in [-0.4, -0.2) is 83.2 Å². The van der Waals surface area contributed by atoms with Crippen LogP contribution in [0, 0.1) is 0 Å². The molecule has 0 aliphatic carbocycles. The lowest BCUT2D eigenvalue weighted by molar-refractivity contribution is -0.159. The first-order chi connectivity index (χ1) is 15.0. The lowest BCUT2D eigenvalue weighted by Gasteiger charge is -2.43. The number of nitrogens with zero attached hydrogens (tertiary/aromatic N) is 3. The number of carbonyl (C=O) groups excluding carboxylic acids is 1. The molecule has 3 heterocycles. The van der Waals surface area contributed by atoms with Gasteiger partial charge in [-0.1, -0.05) is 18.2 Å². The van der Waals surface area contributed by atoms with E-state index in [9.17, 15) is 4.79 Å². The Morgan fingerprint density at radius 2 is 1.42 bits per heavy atom. The first-order valence-corrected chi connectivity index (χ1v) is 10.3. The van der Waals surface area contributed by atoms with E-state index in [4.69, 9.17) is 24.2 Å². The Morgan fingerprint density at radius 1 is 0.806 bits per heavy atom. The number of furan rings is 1. The predicted octanol–water partition coefficient (Wildman–Crippen LogP) is 1.86. The molecule has 0 atom stereocenters. The SMILES string of the molecule is O=C(O)C(=O)O.O=C(c1ccco1)N1CCC(N2CCN(c3ccccc3)CC2)CC1. The molecule has 1 aromatic heterocycles. The molecule has 166 valence electrons. The van der Waals surface area contributed by atoms with E-state index in [1.165, 1.54) is 5.69 Å². The molecule has 9 nitrogen and oxygen atoms in total. The van der Waals surface area contributed by atoms with Crippen molar-refractivity contribution in [2.45, 2.75) is 18.9 Å². The number of carboxylic acids is 2. The number of piperazine rings is 1. The van der Waals surface area contributed by atoms with Gasteiger partial charge in [0.05, 0.1) is 6.26 Å². The Balaban J connectivity index is 0.000000401. The fraction of sp³-hybridized carbons (Fsp3) is 0.409. The summed E-state index contributed by atoms with van der Waals surface area (Å²) in [7, 11) is 0. The highest BCUT2D eigenvalue weighted by Gasteiger charge is 2.30. The van der Waals surface area contributed by atoms with Crippen LogP contribution in [0.3, 0.4) is 0 Å². The van der Waals surface area contributed by atoms with Crippen molar-refractivity contribution in [2.24, 2.45) is 0 Å². The molecular weight excluding hydrogens is 402 g/mol. The summed E-state index contributed by atoms with van der Waals surface area (Å²) in [6.07, 6.45) is 3.67. The van der Waals surface area contributed by atoms with Gasteiger partial charge >= 0.3 is 11.9 Å². The molecule has 9 heteroatoms. The molecule has 1 aromatic carbocycles. The van der Waals surface area contributed by atoms with E-state index in [1.807, 2.05) is 4.90 Å². The van der Waals surface area contributed by atoms with Crippen LogP contribution in [0.5, 0.6) is 0 Å². The monoisotopic (exact) mass is 429 g/mol. The molecule has 0 unspecified atom stereocenters. The summed E-state index contributed by atoms with van der Waals surface area (Å²) >= 11 is 0. The van der Waals surface area contributed by atoms with Crippen LogP contribution in [0.15, 0.2) is 53.1 Å². The standard InChI is InChI=1S/C20H25N3O2.C2H2O4/c24-20(19-7-4-16-25-19)23-10-8-18(9-11-23)22-14-12-21(13-15-22)17-5-2-1-3-6-17;3-1(4)2(5)6/h1-7,16,18H,8-15H2;(H,3,4)(H,5,6). The number of rotatable bonds is 3. The first-order valence-electron chi connectivity index (χ1n) is 10.3. The quantitative estimate of drug-likeness (QED) is 0.711. The summed E-state index contributed by atoms with van der Waals surface area (Å²) in [4.78, 5) is 37.6. The predicted molar refractivity (Wildman–Crippen MR) is 113 cm³/mol. The van der Waals surface area contributed by atoms with Crippen molar-refractivity contribution in [2.75, 3.05) is 44.2 Å². The van der Waals surface area contributed by atoms with E-state index in [0.29, 0.717) is 11.8 Å². The Hall–Kier alpha value is -3.33. The van der Waals surface area contributed by atoms with Crippen molar-refractivity contribution in [3.63, 3.8) is 0 Å². The average Bonchev–Trinajstić information content (AvgIpc) is 3.35. The molecule has 2 N–H and O–H groups in total. The number of benzene rings is 1. The molecule has 2 fully saturated rings. The van der Waals surface area contributed by atoms with E-state index in [-0.39, 0.29) is 5.91 Å². The maximum absolute atomic E-state index is 12.4. The highest BCUT2D eigenvalue weighted by atomic mass is 16.4. The van der Waals surface area contributed by atoms with E-state index < -0.39 is 11.9 Å². The minimum Gasteiger partial charge on any atom is -0.473 e. The van der Waals surface area contributed by atoms with Gasteiger partial charge in [-0.15, -0.1) is 0 Å². The van der Waals surface area contributed by atoms with Gasteiger partial charge in [-0.05, 0) is 37.1 Å². The fourth-order valence-corrected chi connectivity index (χ4v) is 3.97. The number of piperidine rings is 1. The molecule has 4 rings (SSSR count). The summed E-state index contributed by atoms with van der Waals surface area (Å²) in [5.41, 5.74) is 1.32. The van der Waals surface area contributed by atoms with E-state index in [2.05, 4.69) is 40.1 Å². The molecule has 0 bridgehead atoms. The number of aliphatic carboxylic acids is 2. The molecular formula is C22H27N3O6. The first kappa shape index (κ1) is 22.4. The lowest BCUT2D eigenvalue weighted by Crippen LogP contribution is -2.53. The van der Waals surface area contributed by atoms with Gasteiger partial charge in [0, 0.05) is 51.0 Å². The molecule has 1 amide bonds. The van der Waals surface area contributed by atoms with Crippen molar-refractivity contribution in [1.29, 1.82) is 0 Å². The van der Waals surface area contributed by atoms with Crippen LogP contribution < -0.4 is 4.90 Å². The van der Waals surface area contributed by atoms with Crippen molar-refractivity contribution in [3.05, 3.63) is 54.5 Å². The van der Waals surface area contributed by atoms with Crippen molar-refractivity contribution in [1.82, 2.24) is 9.80 Å². The van der Waals surface area contributed by atoms with E-state index in [0.717, 1.165) is 52.1 Å². The molecule has 0 spiro atoms. The maximum atomic E-state index is 12.4. The summed E-state index contributed by atoms with van der Waals surface area (Å²) in [5, 5.41) is 14.8. The molecule has 0 saturated carbocycles. The van der Waals surface area contributed by atoms with Crippen LogP contribution in [-0.2, 0) is 9.59 Å². The summed E-state index contributed by atoms with van der Waals surface area (Å²) < 4.78 is 5.24. The third kappa shape index (κ3) is 6.08. The second kappa shape index (κ2) is 10.6. The van der Waals surface area contributed by atoms with Gasteiger partial charge in [0.2, 0.25) is 0 Å². The number of hydrogen-bond donors (Lipinski definition) is 2. The van der Waals surface area contributed by atoms with E-state index >= 15 is 0 Å². The van der Waals surface area contributed by atoms with Gasteiger partial charge in [-0.3, -0.25) is 9.69 Å². The van der Waals surface area contributed by atoms with Gasteiger partial charge in [-0.25, -0.2) is 9.59 Å². The highest BCUT2D eigenvalue weighted by molar-refractivity contribution is 6.27. The third-order valence-corrected chi connectivity index (χ3v) is 5.62. The Bertz CT molecular complexity index is 843. The lowest BCUT2D eigenvalue weighted by atomic mass is 10.0. The zero-order valence-electron chi connectivity index (χ0n) is 17.2. The normalized spacial score (nSPS) is 17.5. The minimum atomic E-state index is -1.82. The largest absolute Gasteiger partial charge is 0.473 e. The molecule has 2 aliphatic rings. The number of carbonyl (C=O) groups is 3. The van der Waals surface area contributed by atoms with Gasteiger partial charge in [0.15, 0.2) is 5.76 Å².